The largest absolute Gasteiger partial charge is 0.416 e. The van der Waals surface area contributed by atoms with E-state index in [2.05, 4.69) is 18.5 Å². The average molecular weight is 457 g/mol. The number of halogens is 3. The van der Waals surface area contributed by atoms with E-state index in [0.717, 1.165) is 49.9 Å². The number of nitrogens with zero attached hydrogens (tertiary/aromatic N) is 1. The highest BCUT2D eigenvalue weighted by atomic mass is 32.2. The molecule has 1 N–H and O–H groups in total. The highest BCUT2D eigenvalue weighted by molar-refractivity contribution is 7.89. The van der Waals surface area contributed by atoms with Crippen LogP contribution in [0, 0.1) is 0 Å². The van der Waals surface area contributed by atoms with Crippen molar-refractivity contribution >= 4 is 10.0 Å². The van der Waals surface area contributed by atoms with Gasteiger partial charge in [-0.15, -0.1) is 0 Å². The highest BCUT2D eigenvalue weighted by Crippen LogP contribution is 2.31. The fourth-order valence-corrected chi connectivity index (χ4v) is 5.32. The molecule has 1 heterocycles. The fraction of sp³-hybridized carbons (Fsp3) is 0.455. The molecule has 1 aromatic carbocycles. The van der Waals surface area contributed by atoms with Crippen LogP contribution in [0.2, 0.25) is 0 Å². The van der Waals surface area contributed by atoms with Crippen LogP contribution in [0.25, 0.3) is 0 Å². The number of allylic oxidation sites excluding steroid dienone is 1. The predicted molar refractivity (Wildman–Crippen MR) is 113 cm³/mol. The van der Waals surface area contributed by atoms with Crippen LogP contribution in [0.5, 0.6) is 0 Å². The molecular formula is C22H27F3N2O3S. The van der Waals surface area contributed by atoms with Gasteiger partial charge in [-0.2, -0.15) is 17.5 Å². The zero-order chi connectivity index (χ0) is 22.6. The number of hydrogen-bond donors (Lipinski definition) is 1. The second-order valence-corrected chi connectivity index (χ2v) is 9.69. The minimum atomic E-state index is -4.53. The van der Waals surface area contributed by atoms with E-state index in [1.54, 1.807) is 12.2 Å². The molecule has 0 radical (unpaired) electrons. The molecule has 31 heavy (non-hydrogen) atoms. The van der Waals surface area contributed by atoms with Crippen molar-refractivity contribution in [3.05, 3.63) is 66.4 Å². The molecular weight excluding hydrogens is 429 g/mol. The van der Waals surface area contributed by atoms with Crippen LogP contribution in [0.3, 0.4) is 0 Å². The van der Waals surface area contributed by atoms with Gasteiger partial charge in [0.2, 0.25) is 10.0 Å². The molecule has 0 aromatic heterocycles. The summed E-state index contributed by atoms with van der Waals surface area (Å²) in [6.07, 6.45) is 3.01. The standard InChI is InChI=1S/C22H27F3N2O3S/c1-3-16-13-27(31(28,29)20-11-9-17(10-12-20)22(23,24)25)14-18(26-21(16)4-2)15-30-19-7-5-6-8-19/h3-4,9-12,18-19,26H,1-2,5-8,13-15H2. The van der Waals surface area contributed by atoms with Crippen molar-refractivity contribution in [3.63, 3.8) is 0 Å². The molecule has 1 aromatic rings. The van der Waals surface area contributed by atoms with Crippen LogP contribution in [0.15, 0.2) is 65.7 Å². The Bertz CT molecular complexity index is 934. The Balaban J connectivity index is 1.86. The summed E-state index contributed by atoms with van der Waals surface area (Å²) >= 11 is 0. The van der Waals surface area contributed by atoms with Crippen molar-refractivity contribution in [3.8, 4) is 0 Å². The van der Waals surface area contributed by atoms with Gasteiger partial charge in [-0.1, -0.05) is 32.1 Å². The van der Waals surface area contributed by atoms with Gasteiger partial charge in [0, 0.05) is 18.8 Å². The predicted octanol–water partition coefficient (Wildman–Crippen LogP) is 4.25. The molecule has 1 aliphatic heterocycles. The zero-order valence-electron chi connectivity index (χ0n) is 17.2. The lowest BCUT2D eigenvalue weighted by Gasteiger charge is -2.26. The summed E-state index contributed by atoms with van der Waals surface area (Å²) in [5.41, 5.74) is 0.404. The van der Waals surface area contributed by atoms with Gasteiger partial charge < -0.3 is 10.1 Å². The van der Waals surface area contributed by atoms with E-state index >= 15 is 0 Å². The normalized spacial score (nSPS) is 21.6. The number of sulfonamides is 1. The second-order valence-electron chi connectivity index (χ2n) is 7.75. The van der Waals surface area contributed by atoms with Gasteiger partial charge in [-0.3, -0.25) is 0 Å². The van der Waals surface area contributed by atoms with Gasteiger partial charge >= 0.3 is 6.18 Å². The van der Waals surface area contributed by atoms with E-state index in [-0.39, 0.29) is 30.1 Å². The SMILES string of the molecule is C=CC1=C(C=C)NC(COC2CCCC2)CN(S(=O)(=O)c2ccc(C(F)(F)F)cc2)C1. The Morgan fingerprint density at radius 1 is 1.13 bits per heavy atom. The zero-order valence-corrected chi connectivity index (χ0v) is 18.0. The summed E-state index contributed by atoms with van der Waals surface area (Å²) in [6.45, 7) is 8.00. The molecule has 170 valence electrons. The van der Waals surface area contributed by atoms with Crippen LogP contribution >= 0.6 is 0 Å². The first kappa shape index (κ1) is 23.6. The van der Waals surface area contributed by atoms with E-state index < -0.39 is 21.8 Å². The maximum absolute atomic E-state index is 13.3. The summed E-state index contributed by atoms with van der Waals surface area (Å²) in [5.74, 6) is 0. The minimum Gasteiger partial charge on any atom is -0.378 e. The average Bonchev–Trinajstić information content (AvgIpc) is 3.18. The third-order valence-corrected chi connectivity index (χ3v) is 7.41. The Labute approximate surface area is 181 Å². The smallest absolute Gasteiger partial charge is 0.378 e. The van der Waals surface area contributed by atoms with Crippen LogP contribution in [0.4, 0.5) is 13.2 Å². The molecule has 0 amide bonds. The lowest BCUT2D eigenvalue weighted by Crippen LogP contribution is -2.44. The lowest BCUT2D eigenvalue weighted by atomic mass is 10.2. The second kappa shape index (κ2) is 9.58. The van der Waals surface area contributed by atoms with E-state index in [0.29, 0.717) is 17.9 Å². The molecule has 1 saturated carbocycles. The quantitative estimate of drug-likeness (QED) is 0.666. The summed E-state index contributed by atoms with van der Waals surface area (Å²) < 4.78 is 72.3. The van der Waals surface area contributed by atoms with Gasteiger partial charge in [0.05, 0.1) is 29.2 Å². The maximum atomic E-state index is 13.3. The molecule has 0 spiro atoms. The van der Waals surface area contributed by atoms with Gasteiger partial charge in [0.15, 0.2) is 0 Å². The van der Waals surface area contributed by atoms with Crippen LogP contribution in [-0.2, 0) is 20.9 Å². The number of ether oxygens (including phenoxy) is 1. The maximum Gasteiger partial charge on any atom is 0.416 e. The summed E-state index contributed by atoms with van der Waals surface area (Å²) in [4.78, 5) is -0.193. The van der Waals surface area contributed by atoms with Gasteiger partial charge in [-0.05, 0) is 48.8 Å². The van der Waals surface area contributed by atoms with Crippen LogP contribution < -0.4 is 5.32 Å². The number of rotatable bonds is 7. The van der Waals surface area contributed by atoms with Crippen molar-refractivity contribution < 1.29 is 26.3 Å². The summed E-state index contributed by atoms with van der Waals surface area (Å²) in [7, 11) is -4.04. The Kier molecular flexibility index (Phi) is 7.28. The van der Waals surface area contributed by atoms with Crippen molar-refractivity contribution in [1.29, 1.82) is 0 Å². The number of nitrogens with one attached hydrogen (secondary N) is 1. The number of alkyl halides is 3. The van der Waals surface area contributed by atoms with Crippen molar-refractivity contribution in [2.24, 2.45) is 0 Å². The van der Waals surface area contributed by atoms with Crippen LogP contribution in [0.1, 0.15) is 31.2 Å². The molecule has 0 saturated heterocycles. The van der Waals surface area contributed by atoms with Gasteiger partial charge in [-0.25, -0.2) is 8.42 Å². The van der Waals surface area contributed by atoms with E-state index in [1.165, 1.54) is 4.31 Å². The van der Waals surface area contributed by atoms with E-state index in [9.17, 15) is 21.6 Å². The molecule has 0 bridgehead atoms. The lowest BCUT2D eigenvalue weighted by molar-refractivity contribution is -0.137. The molecule has 1 aliphatic carbocycles. The minimum absolute atomic E-state index is 0.0289. The third-order valence-electron chi connectivity index (χ3n) is 5.58. The fourth-order valence-electron chi connectivity index (χ4n) is 3.86. The monoisotopic (exact) mass is 456 g/mol. The first-order valence-electron chi connectivity index (χ1n) is 10.2. The molecule has 9 heteroatoms. The van der Waals surface area contributed by atoms with Crippen LogP contribution in [-0.4, -0.2) is 44.6 Å². The Morgan fingerprint density at radius 2 is 1.77 bits per heavy atom. The van der Waals surface area contributed by atoms with E-state index in [1.807, 2.05) is 0 Å². The molecule has 2 aliphatic rings. The van der Waals surface area contributed by atoms with E-state index in [4.69, 9.17) is 4.74 Å². The number of hydrogen-bond acceptors (Lipinski definition) is 4. The molecule has 1 fully saturated rings. The highest BCUT2D eigenvalue weighted by Gasteiger charge is 2.34. The van der Waals surface area contributed by atoms with Gasteiger partial charge in [0.1, 0.15) is 0 Å². The molecule has 3 rings (SSSR count). The topological polar surface area (TPSA) is 58.6 Å². The van der Waals surface area contributed by atoms with Crippen molar-refractivity contribution in [2.75, 3.05) is 19.7 Å². The first-order chi connectivity index (χ1) is 14.6. The summed E-state index contributed by atoms with van der Waals surface area (Å²) in [6, 6.07) is 3.21. The van der Waals surface area contributed by atoms with Gasteiger partial charge in [0.25, 0.3) is 0 Å². The Hall–Kier alpha value is -2.10. The van der Waals surface area contributed by atoms with Crippen molar-refractivity contribution in [1.82, 2.24) is 9.62 Å². The first-order valence-corrected chi connectivity index (χ1v) is 11.6. The molecule has 1 unspecified atom stereocenters. The number of benzene rings is 1. The van der Waals surface area contributed by atoms with Crippen molar-refractivity contribution in [2.45, 2.75) is 48.9 Å². The molecule has 5 nitrogen and oxygen atoms in total. The summed E-state index contributed by atoms with van der Waals surface area (Å²) in [5, 5.41) is 3.28. The third kappa shape index (κ3) is 5.58. The Morgan fingerprint density at radius 3 is 2.32 bits per heavy atom. The molecule has 1 atom stereocenters.